The fraction of sp³-hybridized carbons (Fsp3) is 0.612. The van der Waals surface area contributed by atoms with E-state index in [1.807, 2.05) is 99.6 Å². The summed E-state index contributed by atoms with van der Waals surface area (Å²) in [6, 6.07) is 3.62. The van der Waals surface area contributed by atoms with E-state index in [4.69, 9.17) is 4.99 Å². The van der Waals surface area contributed by atoms with Gasteiger partial charge in [-0.3, -0.25) is 38.4 Å². The van der Waals surface area contributed by atoms with Gasteiger partial charge < -0.3 is 41.6 Å². The van der Waals surface area contributed by atoms with Crippen LogP contribution in [0, 0.1) is 22.7 Å². The highest BCUT2D eigenvalue weighted by molar-refractivity contribution is 7.09. The summed E-state index contributed by atoms with van der Waals surface area (Å²) in [6.07, 6.45) is 4.78. The summed E-state index contributed by atoms with van der Waals surface area (Å²) >= 11 is 1.27. The number of hydrogen-bond acceptors (Lipinski definition) is 13. The van der Waals surface area contributed by atoms with E-state index in [1.165, 1.54) is 23.2 Å². The van der Waals surface area contributed by atoms with Gasteiger partial charge in [-0.1, -0.05) is 105 Å². The number of hydrogen-bond donors (Lipinski definition) is 6. The van der Waals surface area contributed by atoms with Gasteiger partial charge in [0.25, 0.3) is 0 Å². The SMILES string of the molecule is CC(=O)CCCn1cc(CNC(=O)C[C@H](NC(=O)[C@@H](NC(=O)[C@@H](NC2=NCC(=O)N3CC[C@@H](C)[C@H]3C(=O)N[C@@H](C(C)C)C(=O)N[C@H]2C(C)(C)C)C(C)(C)C)C(C)c2ccccc2)c2nccs2)nn1. The number of fused-ring (bicyclic) bond motifs is 1. The van der Waals surface area contributed by atoms with Crippen molar-refractivity contribution < 1.29 is 33.6 Å². The summed E-state index contributed by atoms with van der Waals surface area (Å²) in [5.74, 6) is -3.41. The van der Waals surface area contributed by atoms with Crippen molar-refractivity contribution >= 4 is 58.4 Å². The highest BCUT2D eigenvalue weighted by Gasteiger charge is 2.44. The number of rotatable bonds is 17. The molecule has 1 aromatic carbocycles. The van der Waals surface area contributed by atoms with Gasteiger partial charge in [-0.05, 0) is 48.0 Å². The van der Waals surface area contributed by atoms with E-state index in [0.717, 1.165) is 5.56 Å². The summed E-state index contributed by atoms with van der Waals surface area (Å²) < 4.78 is 1.62. The van der Waals surface area contributed by atoms with Crippen LogP contribution in [0.15, 0.2) is 53.1 Å². The quantitative estimate of drug-likeness (QED) is 0.114. The number of nitrogens with zero attached hydrogens (tertiary/aromatic N) is 6. The molecule has 3 aromatic rings. The van der Waals surface area contributed by atoms with Crippen LogP contribution in [0.3, 0.4) is 0 Å². The first-order chi connectivity index (χ1) is 32.4. The van der Waals surface area contributed by atoms with Crippen molar-refractivity contribution in [2.45, 2.75) is 157 Å². The van der Waals surface area contributed by atoms with Crippen molar-refractivity contribution in [3.63, 3.8) is 0 Å². The lowest BCUT2D eigenvalue weighted by atomic mass is 9.82. The van der Waals surface area contributed by atoms with Crippen molar-refractivity contribution in [2.24, 2.45) is 27.7 Å². The molecule has 0 radical (unpaired) electrons. The van der Waals surface area contributed by atoms with Gasteiger partial charge in [-0.2, -0.15) is 0 Å². The van der Waals surface area contributed by atoms with E-state index in [1.54, 1.807) is 22.5 Å². The monoisotopic (exact) mass is 973 g/mol. The molecule has 0 bridgehead atoms. The van der Waals surface area contributed by atoms with Crippen molar-refractivity contribution in [3.05, 3.63) is 64.4 Å². The zero-order valence-corrected chi connectivity index (χ0v) is 42.7. The van der Waals surface area contributed by atoms with Crippen LogP contribution in [0.1, 0.15) is 130 Å². The lowest BCUT2D eigenvalue weighted by Gasteiger charge is -2.39. The summed E-state index contributed by atoms with van der Waals surface area (Å²) in [5, 5.41) is 28.8. The number of amides is 6. The molecule has 2 aliphatic rings. The molecule has 69 heavy (non-hydrogen) atoms. The van der Waals surface area contributed by atoms with E-state index < -0.39 is 70.7 Å². The number of thiazole rings is 1. The number of nitrogens with one attached hydrogen (secondary N) is 6. The van der Waals surface area contributed by atoms with Crippen LogP contribution in [0.4, 0.5) is 0 Å². The molecule has 19 nitrogen and oxygen atoms in total. The van der Waals surface area contributed by atoms with Gasteiger partial charge >= 0.3 is 0 Å². The van der Waals surface area contributed by atoms with Crippen molar-refractivity contribution in [1.82, 2.24) is 56.8 Å². The number of Topliss-reactive ketones (excluding diaryl/α,β-unsaturated/α-hetero) is 1. The Balaban J connectivity index is 1.44. The van der Waals surface area contributed by atoms with Crippen LogP contribution in [-0.4, -0.2) is 115 Å². The Kier molecular flexibility index (Phi) is 18.4. The van der Waals surface area contributed by atoms with Crippen molar-refractivity contribution in [3.8, 4) is 0 Å². The van der Waals surface area contributed by atoms with E-state index in [-0.39, 0.29) is 60.7 Å². The van der Waals surface area contributed by atoms with Gasteiger partial charge in [0.05, 0.1) is 31.2 Å². The second kappa shape index (κ2) is 23.5. The first-order valence-electron chi connectivity index (χ1n) is 23.9. The third kappa shape index (κ3) is 14.7. The van der Waals surface area contributed by atoms with Gasteiger partial charge in [-0.25, -0.2) is 4.98 Å². The minimum atomic E-state index is -1.17. The Hall–Kier alpha value is -6.05. The fourth-order valence-corrected chi connectivity index (χ4v) is 9.24. The van der Waals surface area contributed by atoms with E-state index in [2.05, 4.69) is 47.2 Å². The van der Waals surface area contributed by atoms with Crippen LogP contribution >= 0.6 is 11.3 Å². The molecule has 5 rings (SSSR count). The third-order valence-electron chi connectivity index (χ3n) is 12.6. The summed E-state index contributed by atoms with van der Waals surface area (Å²) in [5.41, 5.74) is -0.263. The van der Waals surface area contributed by atoms with Crippen molar-refractivity contribution in [2.75, 3.05) is 13.1 Å². The molecule has 0 spiro atoms. The van der Waals surface area contributed by atoms with Crippen LogP contribution in [-0.2, 0) is 46.7 Å². The van der Waals surface area contributed by atoms with Gasteiger partial charge in [0, 0.05) is 37.0 Å². The molecule has 376 valence electrons. The molecule has 4 heterocycles. The molecule has 1 unspecified atom stereocenters. The molecule has 2 aliphatic heterocycles. The smallest absolute Gasteiger partial charge is 0.244 e. The number of aryl methyl sites for hydroxylation is 1. The standard InChI is InChI=1S/C49H72N12O7S/c1-28(2)37-43(65)57-40(48(6,7)8)42(52-26-36(64)61-22-19-29(3)39(61)45(67)54-37)56-41(49(9,10)11)46(68)55-38(31(5)32-17-13-12-14-18-32)44(66)53-34(47-50-20-23-69-47)24-35(63)51-25-33-27-60(59-58-33)21-15-16-30(4)62/h12-14,17-18,20,23,27-29,31,34,37-41H,15-16,19,21-22,24-26H2,1-11H3,(H,51,63)(H,52,56)(H,53,66)(H,54,67)(H,55,68)(H,57,65)/t29-,31?,34+,37+,38+,39+,40-,41-/m1/s1. The molecule has 2 aromatic heterocycles. The predicted molar refractivity (Wildman–Crippen MR) is 262 cm³/mol. The Labute approximate surface area is 409 Å². The summed E-state index contributed by atoms with van der Waals surface area (Å²) in [7, 11) is 0. The van der Waals surface area contributed by atoms with E-state index in [0.29, 0.717) is 43.1 Å². The topological polar surface area (TPSA) is 251 Å². The average molecular weight is 973 g/mol. The van der Waals surface area contributed by atoms with E-state index in [9.17, 15) is 28.8 Å². The van der Waals surface area contributed by atoms with E-state index >= 15 is 4.79 Å². The molecule has 6 N–H and O–H groups in total. The number of benzene rings is 1. The molecule has 20 heteroatoms. The van der Waals surface area contributed by atoms with Crippen LogP contribution in [0.5, 0.6) is 0 Å². The maximum Gasteiger partial charge on any atom is 0.244 e. The molecular weight excluding hydrogens is 901 g/mol. The Morgan fingerprint density at radius 2 is 1.65 bits per heavy atom. The first-order valence-corrected chi connectivity index (χ1v) is 24.7. The molecule has 8 atom stereocenters. The minimum Gasteiger partial charge on any atom is -0.360 e. The summed E-state index contributed by atoms with van der Waals surface area (Å²) in [4.78, 5) is 107. The fourth-order valence-electron chi connectivity index (χ4n) is 8.55. The van der Waals surface area contributed by atoms with Crippen LogP contribution < -0.4 is 31.9 Å². The second-order valence-corrected chi connectivity index (χ2v) is 21.8. The Morgan fingerprint density at radius 3 is 2.28 bits per heavy atom. The molecule has 0 saturated carbocycles. The van der Waals surface area contributed by atoms with Gasteiger partial charge in [0.15, 0.2) is 0 Å². The maximum absolute atomic E-state index is 15.0. The molecule has 1 fully saturated rings. The Morgan fingerprint density at radius 1 is 0.942 bits per heavy atom. The summed E-state index contributed by atoms with van der Waals surface area (Å²) in [6.45, 7) is 20.9. The van der Waals surface area contributed by atoms with Gasteiger partial charge in [0.2, 0.25) is 35.4 Å². The number of carbonyl (C=O) groups excluding carboxylic acids is 7. The number of ketones is 1. The minimum absolute atomic E-state index is 0.0844. The third-order valence-corrected chi connectivity index (χ3v) is 13.5. The number of aliphatic imine (C=N–C) groups is 1. The maximum atomic E-state index is 15.0. The zero-order valence-electron chi connectivity index (χ0n) is 41.9. The second-order valence-electron chi connectivity index (χ2n) is 20.9. The van der Waals surface area contributed by atoms with Crippen molar-refractivity contribution in [1.29, 1.82) is 0 Å². The highest BCUT2D eigenvalue weighted by Crippen LogP contribution is 2.29. The average Bonchev–Trinajstić information content (AvgIpc) is 4.06. The first kappa shape index (κ1) is 53.9. The highest BCUT2D eigenvalue weighted by atomic mass is 32.1. The number of aromatic nitrogens is 4. The van der Waals surface area contributed by atoms with Crippen LogP contribution in [0.25, 0.3) is 0 Å². The predicted octanol–water partition coefficient (Wildman–Crippen LogP) is 3.58. The lowest BCUT2D eigenvalue weighted by molar-refractivity contribution is -0.140. The molecule has 0 aliphatic carbocycles. The van der Waals surface area contributed by atoms with Gasteiger partial charge in [-0.15, -0.1) is 16.4 Å². The lowest BCUT2D eigenvalue weighted by Crippen LogP contribution is -2.65. The number of carbonyl (C=O) groups is 7. The Bertz CT molecular complexity index is 2300. The molecular formula is C49H72N12O7S. The molecule has 6 amide bonds. The molecule has 1 saturated heterocycles. The largest absolute Gasteiger partial charge is 0.360 e. The number of amidine groups is 1. The normalized spacial score (nSPS) is 21.0. The van der Waals surface area contributed by atoms with Crippen LogP contribution in [0.2, 0.25) is 0 Å². The zero-order chi connectivity index (χ0) is 50.8. The van der Waals surface area contributed by atoms with Gasteiger partial charge in [0.1, 0.15) is 53.0 Å².